The van der Waals surface area contributed by atoms with E-state index in [1.165, 1.54) is 0 Å². The molecule has 0 aliphatic carbocycles. The van der Waals surface area contributed by atoms with Crippen molar-refractivity contribution in [2.75, 3.05) is 20.3 Å². The minimum atomic E-state index is -0.648. The number of carbonyl (C=O) groups excluding carboxylic acids is 1. The lowest BCUT2D eigenvalue weighted by atomic mass is 10.1. The van der Waals surface area contributed by atoms with E-state index in [9.17, 15) is 4.79 Å². The molecule has 4 nitrogen and oxygen atoms in total. The quantitative estimate of drug-likeness (QED) is 0.744. The molecule has 1 rings (SSSR count). The molecule has 0 bridgehead atoms. The highest BCUT2D eigenvalue weighted by atomic mass is 16.5. The zero-order chi connectivity index (χ0) is 14.1. The highest BCUT2D eigenvalue weighted by Gasteiger charge is 2.20. The monoisotopic (exact) mass is 260 g/mol. The lowest BCUT2D eigenvalue weighted by molar-refractivity contribution is -0.133. The van der Waals surface area contributed by atoms with Gasteiger partial charge in [0.15, 0.2) is 0 Å². The Balaban J connectivity index is 2.71. The van der Waals surface area contributed by atoms with Crippen molar-refractivity contribution in [3.63, 3.8) is 0 Å². The average Bonchev–Trinajstić information content (AvgIpc) is 2.44. The molecule has 1 aromatic carbocycles. The number of rotatable bonds is 7. The Morgan fingerprint density at radius 3 is 2.74 bits per heavy atom. The SMILES string of the molecule is C#CCC(N)C(=O)N(CCOC)Cc1ccccc1. The van der Waals surface area contributed by atoms with Crippen LogP contribution in [-0.4, -0.2) is 37.1 Å². The Hall–Kier alpha value is -1.83. The Bertz CT molecular complexity index is 426. The molecule has 2 N–H and O–H groups in total. The predicted molar refractivity (Wildman–Crippen MR) is 75.2 cm³/mol. The Labute approximate surface area is 114 Å². The molecule has 0 fully saturated rings. The van der Waals surface area contributed by atoms with Gasteiger partial charge in [0.1, 0.15) is 0 Å². The fraction of sp³-hybridized carbons (Fsp3) is 0.400. The number of hydrogen-bond donors (Lipinski definition) is 1. The molecule has 1 amide bonds. The molecule has 19 heavy (non-hydrogen) atoms. The van der Waals surface area contributed by atoms with Crippen LogP contribution in [0.3, 0.4) is 0 Å². The second-order valence-electron chi connectivity index (χ2n) is 4.25. The lowest BCUT2D eigenvalue weighted by Crippen LogP contribution is -2.44. The molecule has 0 aliphatic heterocycles. The van der Waals surface area contributed by atoms with Crippen molar-refractivity contribution in [2.45, 2.75) is 19.0 Å². The fourth-order valence-electron chi connectivity index (χ4n) is 1.72. The van der Waals surface area contributed by atoms with Gasteiger partial charge in [0, 0.05) is 26.6 Å². The number of carbonyl (C=O) groups is 1. The zero-order valence-corrected chi connectivity index (χ0v) is 11.2. The third-order valence-corrected chi connectivity index (χ3v) is 2.75. The first-order valence-corrected chi connectivity index (χ1v) is 6.19. The van der Waals surface area contributed by atoms with Crippen LogP contribution in [0.25, 0.3) is 0 Å². The zero-order valence-electron chi connectivity index (χ0n) is 11.2. The molecule has 4 heteroatoms. The van der Waals surface area contributed by atoms with Gasteiger partial charge in [0.05, 0.1) is 12.6 Å². The molecule has 1 unspecified atom stereocenters. The number of hydrogen-bond acceptors (Lipinski definition) is 3. The summed E-state index contributed by atoms with van der Waals surface area (Å²) >= 11 is 0. The van der Waals surface area contributed by atoms with Crippen molar-refractivity contribution in [3.8, 4) is 12.3 Å². The van der Waals surface area contributed by atoms with Crippen molar-refractivity contribution in [3.05, 3.63) is 35.9 Å². The number of ether oxygens (including phenoxy) is 1. The van der Waals surface area contributed by atoms with Gasteiger partial charge in [-0.15, -0.1) is 12.3 Å². The van der Waals surface area contributed by atoms with Crippen LogP contribution >= 0.6 is 0 Å². The van der Waals surface area contributed by atoms with Crippen LogP contribution in [0.15, 0.2) is 30.3 Å². The van der Waals surface area contributed by atoms with E-state index in [-0.39, 0.29) is 12.3 Å². The first kappa shape index (κ1) is 15.2. The average molecular weight is 260 g/mol. The van der Waals surface area contributed by atoms with Gasteiger partial charge in [-0.1, -0.05) is 30.3 Å². The van der Waals surface area contributed by atoms with Crippen molar-refractivity contribution < 1.29 is 9.53 Å². The second-order valence-corrected chi connectivity index (χ2v) is 4.25. The van der Waals surface area contributed by atoms with E-state index >= 15 is 0 Å². The molecule has 0 spiro atoms. The molecule has 0 aromatic heterocycles. The third kappa shape index (κ3) is 5.12. The third-order valence-electron chi connectivity index (χ3n) is 2.75. The van der Waals surface area contributed by atoms with Crippen molar-refractivity contribution >= 4 is 5.91 Å². The number of nitrogens with zero attached hydrogens (tertiary/aromatic N) is 1. The minimum absolute atomic E-state index is 0.140. The predicted octanol–water partition coefficient (Wildman–Crippen LogP) is 1.01. The van der Waals surface area contributed by atoms with Gasteiger partial charge >= 0.3 is 0 Å². The van der Waals surface area contributed by atoms with Crippen molar-refractivity contribution in [2.24, 2.45) is 5.73 Å². The number of nitrogens with two attached hydrogens (primary N) is 1. The summed E-state index contributed by atoms with van der Waals surface area (Å²) in [7, 11) is 1.60. The van der Waals surface area contributed by atoms with E-state index in [0.717, 1.165) is 5.56 Å². The summed E-state index contributed by atoms with van der Waals surface area (Å²) < 4.78 is 5.02. The first-order valence-electron chi connectivity index (χ1n) is 6.19. The molecule has 0 heterocycles. The summed E-state index contributed by atoms with van der Waals surface area (Å²) in [6.07, 6.45) is 5.44. The normalized spacial score (nSPS) is 11.6. The maximum absolute atomic E-state index is 12.2. The summed E-state index contributed by atoms with van der Waals surface area (Å²) in [4.78, 5) is 13.9. The first-order chi connectivity index (χ1) is 9.19. The minimum Gasteiger partial charge on any atom is -0.383 e. The Morgan fingerprint density at radius 1 is 1.47 bits per heavy atom. The van der Waals surface area contributed by atoms with E-state index in [1.807, 2.05) is 30.3 Å². The molecular weight excluding hydrogens is 240 g/mol. The summed E-state index contributed by atoms with van der Waals surface area (Å²) in [6, 6.07) is 9.12. The van der Waals surface area contributed by atoms with Gasteiger partial charge in [0.2, 0.25) is 5.91 Å². The number of amides is 1. The molecule has 1 aromatic rings. The maximum atomic E-state index is 12.2. The summed E-state index contributed by atoms with van der Waals surface area (Å²) in [6.45, 7) is 1.49. The van der Waals surface area contributed by atoms with Gasteiger partial charge in [-0.05, 0) is 5.56 Å². The van der Waals surface area contributed by atoms with E-state index in [4.69, 9.17) is 16.9 Å². The fourth-order valence-corrected chi connectivity index (χ4v) is 1.72. The topological polar surface area (TPSA) is 55.6 Å². The summed E-state index contributed by atoms with van der Waals surface area (Å²) in [5, 5.41) is 0. The van der Waals surface area contributed by atoms with Gasteiger partial charge in [-0.25, -0.2) is 0 Å². The van der Waals surface area contributed by atoms with Gasteiger partial charge in [-0.3, -0.25) is 4.79 Å². The smallest absolute Gasteiger partial charge is 0.240 e. The number of methoxy groups -OCH3 is 1. The van der Waals surface area contributed by atoms with E-state index in [2.05, 4.69) is 5.92 Å². The standard InChI is InChI=1S/C15H20N2O2/c1-3-7-14(16)15(18)17(10-11-19-2)12-13-8-5-4-6-9-13/h1,4-6,8-9,14H,7,10-12,16H2,2H3. The highest BCUT2D eigenvalue weighted by Crippen LogP contribution is 2.06. The van der Waals surface area contributed by atoms with Crippen LogP contribution in [0.2, 0.25) is 0 Å². The lowest BCUT2D eigenvalue weighted by Gasteiger charge is -2.25. The number of benzene rings is 1. The van der Waals surface area contributed by atoms with Crippen LogP contribution in [0, 0.1) is 12.3 Å². The summed E-state index contributed by atoms with van der Waals surface area (Å²) in [5.74, 6) is 2.28. The van der Waals surface area contributed by atoms with E-state index in [0.29, 0.717) is 19.7 Å². The van der Waals surface area contributed by atoms with Crippen LogP contribution in [0.1, 0.15) is 12.0 Å². The maximum Gasteiger partial charge on any atom is 0.240 e. The molecule has 0 saturated carbocycles. The largest absolute Gasteiger partial charge is 0.383 e. The van der Waals surface area contributed by atoms with Crippen LogP contribution in [0.4, 0.5) is 0 Å². The molecule has 102 valence electrons. The van der Waals surface area contributed by atoms with Gasteiger partial charge in [-0.2, -0.15) is 0 Å². The molecule has 0 saturated heterocycles. The van der Waals surface area contributed by atoms with Crippen molar-refractivity contribution in [1.82, 2.24) is 4.90 Å². The van der Waals surface area contributed by atoms with Gasteiger partial charge in [0.25, 0.3) is 0 Å². The van der Waals surface area contributed by atoms with Crippen LogP contribution in [0.5, 0.6) is 0 Å². The van der Waals surface area contributed by atoms with E-state index < -0.39 is 6.04 Å². The molecular formula is C15H20N2O2. The van der Waals surface area contributed by atoms with Crippen LogP contribution < -0.4 is 5.73 Å². The van der Waals surface area contributed by atoms with Gasteiger partial charge < -0.3 is 15.4 Å². The Morgan fingerprint density at radius 2 is 2.16 bits per heavy atom. The molecule has 0 radical (unpaired) electrons. The van der Waals surface area contributed by atoms with E-state index in [1.54, 1.807) is 12.0 Å². The van der Waals surface area contributed by atoms with Crippen molar-refractivity contribution in [1.29, 1.82) is 0 Å². The molecule has 0 aliphatic rings. The Kier molecular flexibility index (Phi) is 6.65. The highest BCUT2D eigenvalue weighted by molar-refractivity contribution is 5.82. The summed E-state index contributed by atoms with van der Waals surface area (Å²) in [5.41, 5.74) is 6.83. The number of terminal acetylenes is 1. The van der Waals surface area contributed by atoms with Crippen LogP contribution in [-0.2, 0) is 16.1 Å². The second kappa shape index (κ2) is 8.30. The molecule has 1 atom stereocenters.